The normalized spacial score (nSPS) is 23.6. The van der Waals surface area contributed by atoms with Gasteiger partial charge in [-0.15, -0.1) is 11.8 Å². The van der Waals surface area contributed by atoms with Gasteiger partial charge >= 0.3 is 5.97 Å². The van der Waals surface area contributed by atoms with Crippen LogP contribution in [0.3, 0.4) is 0 Å². The van der Waals surface area contributed by atoms with E-state index in [0.717, 1.165) is 39.2 Å². The number of rotatable bonds is 10. The van der Waals surface area contributed by atoms with E-state index in [0.29, 0.717) is 56.1 Å². The first-order chi connectivity index (χ1) is 30.5. The van der Waals surface area contributed by atoms with Crippen LogP contribution in [-0.4, -0.2) is 128 Å². The fourth-order valence-corrected chi connectivity index (χ4v) is 10.6. The summed E-state index contributed by atoms with van der Waals surface area (Å²) in [7, 11) is 3.28. The van der Waals surface area contributed by atoms with Crippen LogP contribution in [0.15, 0.2) is 48.1 Å². The van der Waals surface area contributed by atoms with Gasteiger partial charge in [0.15, 0.2) is 0 Å². The number of esters is 1. The lowest BCUT2D eigenvalue weighted by Crippen LogP contribution is -2.62. The Labute approximate surface area is 379 Å². The summed E-state index contributed by atoms with van der Waals surface area (Å²) in [6.45, 7) is 17.3. The average molecular weight is 898 g/mol. The Morgan fingerprint density at radius 2 is 1.94 bits per heavy atom. The zero-order chi connectivity index (χ0) is 46.0. The van der Waals surface area contributed by atoms with Crippen molar-refractivity contribution in [3.05, 3.63) is 60.1 Å². The lowest BCUT2D eigenvalue weighted by molar-refractivity contribution is -0.155. The number of nitrogens with zero attached hydrogens (tertiary/aromatic N) is 7. The van der Waals surface area contributed by atoms with E-state index in [1.54, 1.807) is 25.3 Å². The molecule has 2 fully saturated rings. The third-order valence-electron chi connectivity index (χ3n) is 12.9. The zero-order valence-corrected chi connectivity index (χ0v) is 39.2. The summed E-state index contributed by atoms with van der Waals surface area (Å²) in [6.07, 6.45) is 4.86. The molecule has 0 saturated carbocycles. The molecular weight excluding hydrogens is 835 g/mol. The van der Waals surface area contributed by atoms with Gasteiger partial charge in [-0.05, 0) is 75.8 Å². The molecule has 0 radical (unpaired) electrons. The molecule has 6 atom stereocenters. The fraction of sp³-hybridized carbons (Fsp3) is 0.574. The number of pyridine rings is 2. The number of hydrogen-bond acceptors (Lipinski definition) is 12. The van der Waals surface area contributed by atoms with Crippen LogP contribution < -0.4 is 10.7 Å². The Hall–Kier alpha value is -5.13. The van der Waals surface area contributed by atoms with Gasteiger partial charge in [0.05, 0.1) is 51.8 Å². The maximum atomic E-state index is 14.6. The van der Waals surface area contributed by atoms with Crippen molar-refractivity contribution in [2.24, 2.45) is 22.2 Å². The lowest BCUT2D eigenvalue weighted by Gasteiger charge is -2.37. The van der Waals surface area contributed by atoms with Gasteiger partial charge in [0.2, 0.25) is 17.7 Å². The number of aromatic nitrogens is 3. The number of hydrazine groups is 1. The Balaban J connectivity index is 1.25. The van der Waals surface area contributed by atoms with E-state index >= 15 is 0 Å². The molecule has 344 valence electrons. The number of aryl methyl sites for hydroxylation is 1. The molecule has 64 heavy (non-hydrogen) atoms. The van der Waals surface area contributed by atoms with E-state index in [-0.39, 0.29) is 49.5 Å². The summed E-state index contributed by atoms with van der Waals surface area (Å²) in [5.74, 6) is -2.03. The lowest BCUT2D eigenvalue weighted by atomic mass is 9.85. The molecule has 1 unspecified atom stereocenters. The standard InChI is InChI=1S/C47H63N9O7S/c1-10-38(57)54-21-18-29(24-54)44(59)53(8)41(27(3)4)43(58)51-34-22-37-49-35(25-64-37)32-16-17-36-40(50-32)31(42(55(36)11-2)30-14-12-19-48-39(30)28(5)62-9)23-47(6,7)26-63-46(61)33-15-13-20-56(52-33)45(34)60/h10,12,14,16-17,19,27-29,33-35,41,52H,1,11,13,15,18,20-26H2,2-9H3,(H,51,58)/t28-,29-,33-,34-,35?,41-/m0/s1. The molecule has 2 saturated heterocycles. The van der Waals surface area contributed by atoms with Crippen molar-refractivity contribution in [3.63, 3.8) is 0 Å². The Morgan fingerprint density at radius 3 is 2.66 bits per heavy atom. The highest BCUT2D eigenvalue weighted by Gasteiger charge is 2.41. The Bertz CT molecular complexity index is 2330. The highest BCUT2D eigenvalue weighted by atomic mass is 32.2. The summed E-state index contributed by atoms with van der Waals surface area (Å²) in [4.78, 5) is 87.3. The van der Waals surface area contributed by atoms with Gasteiger partial charge in [0.25, 0.3) is 5.91 Å². The number of fused-ring (bicyclic) bond motifs is 5. The van der Waals surface area contributed by atoms with Crippen molar-refractivity contribution in [1.29, 1.82) is 0 Å². The molecular formula is C47H63N9O7S. The van der Waals surface area contributed by atoms with Gasteiger partial charge in [-0.2, -0.15) is 0 Å². The van der Waals surface area contributed by atoms with Gasteiger partial charge < -0.3 is 29.2 Å². The second-order valence-corrected chi connectivity index (χ2v) is 19.6. The summed E-state index contributed by atoms with van der Waals surface area (Å²) in [5.41, 5.74) is 8.96. The molecule has 7 heterocycles. The minimum Gasteiger partial charge on any atom is -0.464 e. The van der Waals surface area contributed by atoms with Gasteiger partial charge in [0, 0.05) is 75.2 Å². The largest absolute Gasteiger partial charge is 0.464 e. The Morgan fingerprint density at radius 1 is 1.16 bits per heavy atom. The van der Waals surface area contributed by atoms with Gasteiger partial charge in [-0.25, -0.2) is 10.4 Å². The molecule has 16 nitrogen and oxygen atoms in total. The first-order valence-corrected chi connectivity index (χ1v) is 23.5. The van der Waals surface area contributed by atoms with E-state index < -0.39 is 47.2 Å². The average Bonchev–Trinajstić information content (AvgIpc) is 4.05. The van der Waals surface area contributed by atoms with E-state index in [2.05, 4.69) is 54.8 Å². The fourth-order valence-electron chi connectivity index (χ4n) is 9.51. The van der Waals surface area contributed by atoms with Crippen LogP contribution in [0.5, 0.6) is 0 Å². The van der Waals surface area contributed by atoms with E-state index in [1.807, 2.05) is 32.9 Å². The first-order valence-electron chi connectivity index (χ1n) is 22.5. The van der Waals surface area contributed by atoms with E-state index in [9.17, 15) is 24.0 Å². The van der Waals surface area contributed by atoms with E-state index in [1.165, 1.54) is 27.7 Å². The molecule has 2 N–H and O–H groups in total. The van der Waals surface area contributed by atoms with Crippen molar-refractivity contribution in [3.8, 4) is 11.3 Å². The molecule has 4 aliphatic rings. The zero-order valence-electron chi connectivity index (χ0n) is 38.4. The predicted molar refractivity (Wildman–Crippen MR) is 246 cm³/mol. The van der Waals surface area contributed by atoms with Gasteiger partial charge in [-0.1, -0.05) is 34.3 Å². The topological polar surface area (TPSA) is 181 Å². The van der Waals surface area contributed by atoms with Crippen LogP contribution in [-0.2, 0) is 46.4 Å². The molecule has 7 rings (SSSR count). The third-order valence-corrected chi connectivity index (χ3v) is 14.0. The molecule has 0 spiro atoms. The Kier molecular flexibility index (Phi) is 14.3. The van der Waals surface area contributed by atoms with Crippen molar-refractivity contribution in [2.45, 2.75) is 110 Å². The molecule has 4 aliphatic heterocycles. The number of amides is 4. The summed E-state index contributed by atoms with van der Waals surface area (Å²) in [6, 6.07) is 5.06. The highest BCUT2D eigenvalue weighted by molar-refractivity contribution is 8.14. The highest BCUT2D eigenvalue weighted by Crippen LogP contribution is 2.41. The van der Waals surface area contributed by atoms with Crippen LogP contribution >= 0.6 is 11.8 Å². The smallest absolute Gasteiger partial charge is 0.324 e. The second kappa shape index (κ2) is 19.5. The number of thioether (sulfide) groups is 1. The van der Waals surface area contributed by atoms with Crippen LogP contribution in [0, 0.1) is 17.3 Å². The van der Waals surface area contributed by atoms with Crippen molar-refractivity contribution < 1.29 is 33.4 Å². The summed E-state index contributed by atoms with van der Waals surface area (Å²) < 4.78 is 14.2. The van der Waals surface area contributed by atoms with Crippen LogP contribution in [0.4, 0.5) is 0 Å². The number of methoxy groups -OCH3 is 1. The number of ether oxygens (including phenoxy) is 2. The van der Waals surface area contributed by atoms with Gasteiger partial charge in [0.1, 0.15) is 24.2 Å². The SMILES string of the molecule is C=CC(=O)N1CC[C@H](C(=O)N(C)[C@H](C(=O)N[C@H]2CC3=NC(CS3)c3ccc4c(n3)c(c(-c3cccnc3[C@H](C)OC)n4CC)CC(C)(C)COC(=O)[C@@H]3CCCN(N3)C2=O)C(C)C)C1. The number of hydrogen-bond donors (Lipinski definition) is 2. The maximum Gasteiger partial charge on any atom is 0.324 e. The minimum atomic E-state index is -1.07. The molecule has 0 aromatic carbocycles. The molecule has 4 amide bonds. The summed E-state index contributed by atoms with van der Waals surface area (Å²) >= 11 is 1.53. The van der Waals surface area contributed by atoms with Crippen molar-refractivity contribution >= 4 is 57.4 Å². The number of nitrogens with one attached hydrogen (secondary N) is 2. The molecule has 6 bridgehead atoms. The number of cyclic esters (lactones) is 1. The second-order valence-electron chi connectivity index (χ2n) is 18.5. The molecule has 17 heteroatoms. The van der Waals surface area contributed by atoms with Crippen LogP contribution in [0.1, 0.15) is 96.3 Å². The third kappa shape index (κ3) is 9.62. The molecule has 3 aromatic rings. The maximum absolute atomic E-state index is 14.6. The first kappa shape index (κ1) is 46.9. The van der Waals surface area contributed by atoms with Crippen molar-refractivity contribution in [1.82, 2.24) is 40.1 Å². The monoisotopic (exact) mass is 897 g/mol. The number of likely N-dealkylation sites (tertiary alicyclic amines) is 1. The summed E-state index contributed by atoms with van der Waals surface area (Å²) in [5, 5.41) is 5.13. The van der Waals surface area contributed by atoms with E-state index in [4.69, 9.17) is 24.4 Å². The number of carbonyl (C=O) groups excluding carboxylic acids is 5. The predicted octanol–water partition coefficient (Wildman–Crippen LogP) is 5.03. The number of likely N-dealkylation sites (N-methyl/N-ethyl adjacent to an activating group) is 1. The number of aliphatic imine (C=N–C) groups is 1. The molecule has 3 aromatic heterocycles. The minimum absolute atomic E-state index is 0.0995. The number of carbonyl (C=O) groups is 5. The van der Waals surface area contributed by atoms with Crippen LogP contribution in [0.2, 0.25) is 0 Å². The van der Waals surface area contributed by atoms with Gasteiger partial charge in [-0.3, -0.25) is 39.0 Å². The quantitative estimate of drug-likeness (QED) is 0.206. The van der Waals surface area contributed by atoms with Crippen LogP contribution in [0.25, 0.3) is 22.3 Å². The van der Waals surface area contributed by atoms with Crippen molar-refractivity contribution in [2.75, 3.05) is 46.2 Å². The molecule has 0 aliphatic carbocycles.